The molecule has 1 fully saturated rings. The molecule has 0 aromatic carbocycles. The van der Waals surface area contributed by atoms with Gasteiger partial charge in [0.1, 0.15) is 11.6 Å². The van der Waals surface area contributed by atoms with Crippen LogP contribution in [0.1, 0.15) is 19.2 Å². The van der Waals surface area contributed by atoms with Gasteiger partial charge in [0.05, 0.1) is 25.0 Å². The molecule has 0 spiro atoms. The molecule has 2 aromatic heterocycles. The molecule has 0 bridgehead atoms. The van der Waals surface area contributed by atoms with E-state index in [2.05, 4.69) is 27.3 Å². The lowest BCUT2D eigenvalue weighted by molar-refractivity contribution is 0.340. The molecule has 4 nitrogen and oxygen atoms in total. The highest BCUT2D eigenvalue weighted by molar-refractivity contribution is 5.48. The first kappa shape index (κ1) is 12.5. The second-order valence-corrected chi connectivity index (χ2v) is 5.29. The Balaban J connectivity index is 1.81. The number of hydrogen-bond acceptors (Lipinski definition) is 3. The summed E-state index contributed by atoms with van der Waals surface area (Å²) in [5, 5.41) is 0. The highest BCUT2D eigenvalue weighted by Crippen LogP contribution is 2.22. The van der Waals surface area contributed by atoms with Gasteiger partial charge in [-0.1, -0.05) is 6.92 Å². The minimum atomic E-state index is 0.733. The van der Waals surface area contributed by atoms with E-state index < -0.39 is 0 Å². The number of fused-ring (bicyclic) bond motifs is 1. The standard InChI is InChI=1S/C15H21N3O/c1-3-17-7-6-12(10-17)8-15-16-9-13-4-5-14(19-2)11-18(13)15/h4-5,9,11-12H,3,6-8,10H2,1-2H3. The van der Waals surface area contributed by atoms with Crippen LogP contribution in [0, 0.1) is 5.92 Å². The van der Waals surface area contributed by atoms with Gasteiger partial charge in [0, 0.05) is 13.0 Å². The molecule has 0 saturated carbocycles. The van der Waals surface area contributed by atoms with E-state index >= 15 is 0 Å². The van der Waals surface area contributed by atoms with E-state index in [1.54, 1.807) is 7.11 Å². The number of imidazole rings is 1. The number of aromatic nitrogens is 2. The quantitative estimate of drug-likeness (QED) is 0.843. The summed E-state index contributed by atoms with van der Waals surface area (Å²) in [7, 11) is 1.70. The smallest absolute Gasteiger partial charge is 0.135 e. The molecule has 3 heterocycles. The maximum Gasteiger partial charge on any atom is 0.135 e. The molecule has 1 aliphatic rings. The molecular formula is C15H21N3O. The van der Waals surface area contributed by atoms with Gasteiger partial charge in [0.15, 0.2) is 0 Å². The first-order valence-corrected chi connectivity index (χ1v) is 7.02. The summed E-state index contributed by atoms with van der Waals surface area (Å²) in [6, 6.07) is 4.04. The van der Waals surface area contributed by atoms with Gasteiger partial charge in [-0.25, -0.2) is 4.98 Å². The predicted molar refractivity (Wildman–Crippen MR) is 75.7 cm³/mol. The zero-order valence-electron chi connectivity index (χ0n) is 11.7. The maximum absolute atomic E-state index is 5.29. The van der Waals surface area contributed by atoms with Crippen molar-refractivity contribution >= 4 is 5.52 Å². The number of nitrogens with zero attached hydrogens (tertiary/aromatic N) is 3. The summed E-state index contributed by atoms with van der Waals surface area (Å²) >= 11 is 0. The fourth-order valence-corrected chi connectivity index (χ4v) is 2.92. The average Bonchev–Trinajstić information content (AvgIpc) is 3.06. The maximum atomic E-state index is 5.29. The zero-order valence-corrected chi connectivity index (χ0v) is 11.7. The molecule has 1 unspecified atom stereocenters. The summed E-state index contributed by atoms with van der Waals surface area (Å²) in [6.45, 7) is 5.83. The van der Waals surface area contributed by atoms with Gasteiger partial charge in [-0.15, -0.1) is 0 Å². The van der Waals surface area contributed by atoms with Crippen LogP contribution in [0.4, 0.5) is 0 Å². The topological polar surface area (TPSA) is 29.8 Å². The zero-order chi connectivity index (χ0) is 13.2. The third-order valence-electron chi connectivity index (χ3n) is 4.10. The van der Waals surface area contributed by atoms with Gasteiger partial charge < -0.3 is 14.0 Å². The van der Waals surface area contributed by atoms with Crippen molar-refractivity contribution < 1.29 is 4.74 Å². The van der Waals surface area contributed by atoms with Gasteiger partial charge in [-0.2, -0.15) is 0 Å². The summed E-state index contributed by atoms with van der Waals surface area (Å²) in [5.74, 6) is 2.77. The van der Waals surface area contributed by atoms with Crippen LogP contribution in [0.15, 0.2) is 24.5 Å². The highest BCUT2D eigenvalue weighted by Gasteiger charge is 2.22. The van der Waals surface area contributed by atoms with Gasteiger partial charge in [0.2, 0.25) is 0 Å². The van der Waals surface area contributed by atoms with Crippen LogP contribution < -0.4 is 4.74 Å². The molecule has 1 aliphatic heterocycles. The summed E-state index contributed by atoms with van der Waals surface area (Å²) in [5.41, 5.74) is 1.14. The van der Waals surface area contributed by atoms with Gasteiger partial charge in [0.25, 0.3) is 0 Å². The van der Waals surface area contributed by atoms with E-state index in [-0.39, 0.29) is 0 Å². The van der Waals surface area contributed by atoms with Crippen LogP contribution in [0.5, 0.6) is 5.75 Å². The monoisotopic (exact) mass is 259 g/mol. The Hall–Kier alpha value is -1.55. The van der Waals surface area contributed by atoms with Crippen molar-refractivity contribution in [2.24, 2.45) is 5.92 Å². The largest absolute Gasteiger partial charge is 0.495 e. The van der Waals surface area contributed by atoms with Gasteiger partial charge >= 0.3 is 0 Å². The molecule has 19 heavy (non-hydrogen) atoms. The van der Waals surface area contributed by atoms with E-state index in [0.29, 0.717) is 0 Å². The van der Waals surface area contributed by atoms with E-state index in [0.717, 1.165) is 36.0 Å². The van der Waals surface area contributed by atoms with Crippen molar-refractivity contribution in [1.29, 1.82) is 0 Å². The fraction of sp³-hybridized carbons (Fsp3) is 0.533. The van der Waals surface area contributed by atoms with Crippen LogP contribution in [0.3, 0.4) is 0 Å². The van der Waals surface area contributed by atoms with Gasteiger partial charge in [-0.3, -0.25) is 0 Å². The van der Waals surface area contributed by atoms with Crippen molar-refractivity contribution in [3.8, 4) is 5.75 Å². The second kappa shape index (κ2) is 5.21. The summed E-state index contributed by atoms with van der Waals surface area (Å²) in [6.07, 6.45) is 6.32. The van der Waals surface area contributed by atoms with Crippen molar-refractivity contribution in [3.05, 3.63) is 30.4 Å². The Kier molecular flexibility index (Phi) is 3.42. The van der Waals surface area contributed by atoms with E-state index in [4.69, 9.17) is 4.74 Å². The minimum absolute atomic E-state index is 0.733. The van der Waals surface area contributed by atoms with Crippen molar-refractivity contribution in [3.63, 3.8) is 0 Å². The predicted octanol–water partition coefficient (Wildman–Crippen LogP) is 2.23. The Morgan fingerprint density at radius 2 is 2.32 bits per heavy atom. The molecule has 0 N–H and O–H groups in total. The van der Waals surface area contributed by atoms with E-state index in [1.807, 2.05) is 18.5 Å². The molecule has 4 heteroatoms. The molecule has 0 radical (unpaired) electrons. The highest BCUT2D eigenvalue weighted by atomic mass is 16.5. The molecule has 1 saturated heterocycles. The fourth-order valence-electron chi connectivity index (χ4n) is 2.92. The van der Waals surface area contributed by atoms with Crippen LogP contribution >= 0.6 is 0 Å². The molecule has 0 aliphatic carbocycles. The Bertz CT molecular complexity index is 564. The number of methoxy groups -OCH3 is 1. The van der Waals surface area contributed by atoms with Crippen LogP contribution in [0.2, 0.25) is 0 Å². The second-order valence-electron chi connectivity index (χ2n) is 5.29. The van der Waals surface area contributed by atoms with Gasteiger partial charge in [-0.05, 0) is 37.6 Å². The van der Waals surface area contributed by atoms with E-state index in [9.17, 15) is 0 Å². The number of rotatable bonds is 4. The molecular weight excluding hydrogens is 238 g/mol. The summed E-state index contributed by atoms with van der Waals surface area (Å²) in [4.78, 5) is 7.09. The first-order valence-electron chi connectivity index (χ1n) is 7.02. The molecule has 2 aromatic rings. The van der Waals surface area contributed by atoms with Crippen molar-refractivity contribution in [1.82, 2.24) is 14.3 Å². The van der Waals surface area contributed by atoms with Crippen molar-refractivity contribution in [2.75, 3.05) is 26.7 Å². The Labute approximate surface area is 114 Å². The van der Waals surface area contributed by atoms with Crippen molar-refractivity contribution in [2.45, 2.75) is 19.8 Å². The van der Waals surface area contributed by atoms with Crippen LogP contribution in [-0.4, -0.2) is 41.0 Å². The third-order valence-corrected chi connectivity index (χ3v) is 4.10. The lowest BCUT2D eigenvalue weighted by atomic mass is 10.0. The third kappa shape index (κ3) is 2.45. The lowest BCUT2D eigenvalue weighted by Gasteiger charge is -2.12. The van der Waals surface area contributed by atoms with E-state index in [1.165, 1.54) is 19.5 Å². The molecule has 0 amide bonds. The number of likely N-dealkylation sites (tertiary alicyclic amines) is 1. The average molecular weight is 259 g/mol. The normalized spacial score (nSPS) is 20.2. The Morgan fingerprint density at radius 3 is 3.05 bits per heavy atom. The number of pyridine rings is 1. The molecule has 1 atom stereocenters. The first-order chi connectivity index (χ1) is 9.30. The number of hydrogen-bond donors (Lipinski definition) is 0. The molecule has 102 valence electrons. The summed E-state index contributed by atoms with van der Waals surface area (Å²) < 4.78 is 7.45. The molecule has 3 rings (SSSR count). The number of ether oxygens (including phenoxy) is 1. The minimum Gasteiger partial charge on any atom is -0.495 e. The van der Waals surface area contributed by atoms with Crippen LogP contribution in [0.25, 0.3) is 5.52 Å². The van der Waals surface area contributed by atoms with Crippen LogP contribution in [-0.2, 0) is 6.42 Å². The lowest BCUT2D eigenvalue weighted by Crippen LogP contribution is -2.20. The Morgan fingerprint density at radius 1 is 1.42 bits per heavy atom. The SMILES string of the molecule is CCN1CCC(Cc2ncc3ccc(OC)cn23)C1.